The first-order valence-electron chi connectivity index (χ1n) is 6.17. The Labute approximate surface area is 104 Å². The van der Waals surface area contributed by atoms with Crippen molar-refractivity contribution in [2.75, 3.05) is 27.2 Å². The normalized spacial score (nSPS) is 11.1. The Kier molecular flexibility index (Phi) is 5.45. The Morgan fingerprint density at radius 3 is 2.35 bits per heavy atom. The molecule has 0 aliphatic carbocycles. The Morgan fingerprint density at radius 2 is 1.82 bits per heavy atom. The molecular weight excluding hydrogens is 212 g/mol. The van der Waals surface area contributed by atoms with Crippen molar-refractivity contribution in [1.29, 1.82) is 0 Å². The van der Waals surface area contributed by atoms with Gasteiger partial charge < -0.3 is 15.3 Å². The van der Waals surface area contributed by atoms with Gasteiger partial charge in [0.2, 0.25) is 0 Å². The lowest BCUT2D eigenvalue weighted by atomic mass is 10.1. The summed E-state index contributed by atoms with van der Waals surface area (Å²) in [6, 6.07) is 4.13. The maximum Gasteiger partial charge on any atom is 0.121 e. The molecule has 0 aliphatic rings. The van der Waals surface area contributed by atoms with Crippen LogP contribution in [0.25, 0.3) is 0 Å². The highest BCUT2D eigenvalue weighted by Crippen LogP contribution is 2.23. The van der Waals surface area contributed by atoms with Gasteiger partial charge in [0.1, 0.15) is 5.75 Å². The van der Waals surface area contributed by atoms with Gasteiger partial charge in [-0.2, -0.15) is 0 Å². The van der Waals surface area contributed by atoms with Crippen LogP contribution in [0.4, 0.5) is 0 Å². The summed E-state index contributed by atoms with van der Waals surface area (Å²) in [4.78, 5) is 2.31. The third-order valence-corrected chi connectivity index (χ3v) is 2.97. The van der Waals surface area contributed by atoms with E-state index in [1.807, 2.05) is 20.9 Å². The van der Waals surface area contributed by atoms with Crippen molar-refractivity contribution in [2.45, 2.75) is 26.8 Å². The number of nitrogens with one attached hydrogen (secondary N) is 1. The third kappa shape index (κ3) is 4.36. The molecule has 1 aromatic carbocycles. The topological polar surface area (TPSA) is 35.5 Å². The van der Waals surface area contributed by atoms with E-state index in [-0.39, 0.29) is 0 Å². The fourth-order valence-corrected chi connectivity index (χ4v) is 2.05. The Hall–Kier alpha value is -1.06. The smallest absolute Gasteiger partial charge is 0.121 e. The number of aromatic hydroxyl groups is 1. The van der Waals surface area contributed by atoms with E-state index >= 15 is 0 Å². The Morgan fingerprint density at radius 1 is 1.24 bits per heavy atom. The van der Waals surface area contributed by atoms with Crippen molar-refractivity contribution in [2.24, 2.45) is 0 Å². The van der Waals surface area contributed by atoms with Crippen molar-refractivity contribution >= 4 is 0 Å². The number of nitrogens with zero attached hydrogens (tertiary/aromatic N) is 1. The minimum atomic E-state index is 0.423. The number of hydrogen-bond donors (Lipinski definition) is 2. The zero-order chi connectivity index (χ0) is 12.8. The molecule has 0 bridgehead atoms. The summed E-state index contributed by atoms with van der Waals surface area (Å²) < 4.78 is 0. The lowest BCUT2D eigenvalue weighted by molar-refractivity contribution is 0.321. The van der Waals surface area contributed by atoms with Crippen LogP contribution in [0.3, 0.4) is 0 Å². The molecule has 1 aromatic rings. The second kappa shape index (κ2) is 6.62. The van der Waals surface area contributed by atoms with Gasteiger partial charge in [0.25, 0.3) is 0 Å². The zero-order valence-electron chi connectivity index (χ0n) is 11.4. The molecule has 0 amide bonds. The Balaban J connectivity index is 2.56. The summed E-state index contributed by atoms with van der Waals surface area (Å²) >= 11 is 0. The van der Waals surface area contributed by atoms with E-state index in [9.17, 15) is 5.11 Å². The number of phenols is 1. The van der Waals surface area contributed by atoms with Gasteiger partial charge in [-0.05, 0) is 64.1 Å². The number of aryl methyl sites for hydroxylation is 2. The maximum atomic E-state index is 9.72. The minimum Gasteiger partial charge on any atom is -0.507 e. The Bertz CT molecular complexity index is 340. The summed E-state index contributed by atoms with van der Waals surface area (Å²) in [5.74, 6) is 0.423. The highest BCUT2D eigenvalue weighted by Gasteiger charge is 2.05. The second-order valence-electron chi connectivity index (χ2n) is 4.77. The number of benzene rings is 1. The third-order valence-electron chi connectivity index (χ3n) is 2.97. The predicted molar refractivity (Wildman–Crippen MR) is 72.5 cm³/mol. The summed E-state index contributed by atoms with van der Waals surface area (Å²) in [7, 11) is 4.11. The molecule has 0 aromatic heterocycles. The molecule has 0 unspecified atom stereocenters. The minimum absolute atomic E-state index is 0.423. The fourth-order valence-electron chi connectivity index (χ4n) is 2.05. The van der Waals surface area contributed by atoms with Crippen LogP contribution in [0.1, 0.15) is 23.1 Å². The van der Waals surface area contributed by atoms with Gasteiger partial charge in [-0.15, -0.1) is 0 Å². The van der Waals surface area contributed by atoms with Crippen LogP contribution in [0, 0.1) is 13.8 Å². The van der Waals surface area contributed by atoms with E-state index in [0.29, 0.717) is 5.75 Å². The average Bonchev–Trinajstić information content (AvgIpc) is 2.26. The largest absolute Gasteiger partial charge is 0.507 e. The molecule has 96 valence electrons. The van der Waals surface area contributed by atoms with E-state index in [0.717, 1.165) is 37.2 Å². The standard InChI is InChI=1S/C14H24N2O/c1-11-8-13(9-12(2)14(11)17)10-16(4)7-5-6-15-3/h8-9,15,17H,5-7,10H2,1-4H3. The van der Waals surface area contributed by atoms with Crippen molar-refractivity contribution in [3.63, 3.8) is 0 Å². The van der Waals surface area contributed by atoms with Crippen molar-refractivity contribution in [3.8, 4) is 5.75 Å². The highest BCUT2D eigenvalue weighted by atomic mass is 16.3. The molecule has 0 radical (unpaired) electrons. The first-order chi connectivity index (χ1) is 8.04. The van der Waals surface area contributed by atoms with Gasteiger partial charge in [0, 0.05) is 6.54 Å². The van der Waals surface area contributed by atoms with Crippen LogP contribution in [-0.2, 0) is 6.54 Å². The summed E-state index contributed by atoms with van der Waals surface area (Å²) in [5, 5.41) is 12.9. The molecule has 17 heavy (non-hydrogen) atoms. The first-order valence-corrected chi connectivity index (χ1v) is 6.17. The predicted octanol–water partition coefficient (Wildman–Crippen LogP) is 2.05. The van der Waals surface area contributed by atoms with Gasteiger partial charge >= 0.3 is 0 Å². The first kappa shape index (κ1) is 14.0. The molecule has 0 fully saturated rings. The average molecular weight is 236 g/mol. The molecule has 0 spiro atoms. The molecule has 0 atom stereocenters. The summed E-state index contributed by atoms with van der Waals surface area (Å²) in [5.41, 5.74) is 3.19. The summed E-state index contributed by atoms with van der Waals surface area (Å²) in [6.07, 6.45) is 1.16. The zero-order valence-corrected chi connectivity index (χ0v) is 11.4. The van der Waals surface area contributed by atoms with Crippen LogP contribution in [0.15, 0.2) is 12.1 Å². The van der Waals surface area contributed by atoms with E-state index < -0.39 is 0 Å². The van der Waals surface area contributed by atoms with Crippen LogP contribution < -0.4 is 5.32 Å². The van der Waals surface area contributed by atoms with Crippen LogP contribution >= 0.6 is 0 Å². The molecule has 0 saturated heterocycles. The molecule has 2 N–H and O–H groups in total. The van der Waals surface area contributed by atoms with Crippen molar-refractivity contribution in [1.82, 2.24) is 10.2 Å². The quantitative estimate of drug-likeness (QED) is 0.742. The van der Waals surface area contributed by atoms with Crippen LogP contribution in [0.2, 0.25) is 0 Å². The summed E-state index contributed by atoms with van der Waals surface area (Å²) in [6.45, 7) is 6.98. The van der Waals surface area contributed by atoms with Gasteiger partial charge in [-0.1, -0.05) is 12.1 Å². The second-order valence-corrected chi connectivity index (χ2v) is 4.77. The van der Waals surface area contributed by atoms with Crippen molar-refractivity contribution < 1.29 is 5.11 Å². The monoisotopic (exact) mass is 236 g/mol. The molecule has 0 saturated carbocycles. The highest BCUT2D eigenvalue weighted by molar-refractivity contribution is 5.42. The van der Waals surface area contributed by atoms with Gasteiger partial charge in [0.15, 0.2) is 0 Å². The molecule has 0 aliphatic heterocycles. The SMILES string of the molecule is CNCCCN(C)Cc1cc(C)c(O)c(C)c1. The maximum absolute atomic E-state index is 9.72. The van der Waals surface area contributed by atoms with Gasteiger partial charge in [0.05, 0.1) is 0 Å². The van der Waals surface area contributed by atoms with E-state index in [2.05, 4.69) is 29.4 Å². The van der Waals surface area contributed by atoms with E-state index in [1.54, 1.807) is 0 Å². The van der Waals surface area contributed by atoms with Crippen LogP contribution in [-0.4, -0.2) is 37.2 Å². The van der Waals surface area contributed by atoms with E-state index in [4.69, 9.17) is 0 Å². The number of hydrogen-bond acceptors (Lipinski definition) is 3. The van der Waals surface area contributed by atoms with Crippen LogP contribution in [0.5, 0.6) is 5.75 Å². The lowest BCUT2D eigenvalue weighted by Gasteiger charge is -2.17. The van der Waals surface area contributed by atoms with Gasteiger partial charge in [-0.3, -0.25) is 0 Å². The molecular formula is C14H24N2O. The fraction of sp³-hybridized carbons (Fsp3) is 0.571. The molecule has 3 heteroatoms. The van der Waals surface area contributed by atoms with Gasteiger partial charge in [-0.25, -0.2) is 0 Å². The van der Waals surface area contributed by atoms with Crippen molar-refractivity contribution in [3.05, 3.63) is 28.8 Å². The molecule has 1 rings (SSSR count). The van der Waals surface area contributed by atoms with E-state index in [1.165, 1.54) is 5.56 Å². The lowest BCUT2D eigenvalue weighted by Crippen LogP contribution is -2.22. The molecule has 0 heterocycles. The molecule has 3 nitrogen and oxygen atoms in total. The number of rotatable bonds is 6. The number of phenolic OH excluding ortho intramolecular Hbond substituents is 1.